The number of thiophene rings is 1. The lowest BCUT2D eigenvalue weighted by Crippen LogP contribution is -2.49. The molecule has 6 heteroatoms. The summed E-state index contributed by atoms with van der Waals surface area (Å²) in [5.74, 6) is 0.112. The topological polar surface area (TPSA) is 43.9 Å². The van der Waals surface area contributed by atoms with Crippen LogP contribution < -0.4 is 0 Å². The molecule has 1 aliphatic heterocycles. The molecule has 0 spiro atoms. The van der Waals surface area contributed by atoms with Crippen molar-refractivity contribution in [1.82, 2.24) is 14.7 Å². The van der Waals surface area contributed by atoms with Crippen molar-refractivity contribution in [3.05, 3.63) is 94.2 Å². The fraction of sp³-hybridized carbons (Fsp3) is 0.333. The zero-order valence-electron chi connectivity index (χ0n) is 19.1. The molecule has 1 unspecified atom stereocenters. The summed E-state index contributed by atoms with van der Waals surface area (Å²) in [7, 11) is 0. The summed E-state index contributed by atoms with van der Waals surface area (Å²) >= 11 is 1.44. The average Bonchev–Trinajstić information content (AvgIpc) is 3.40. The van der Waals surface area contributed by atoms with E-state index in [0.29, 0.717) is 17.8 Å². The number of benzene rings is 2. The maximum atomic E-state index is 13.2. The van der Waals surface area contributed by atoms with Crippen molar-refractivity contribution in [2.45, 2.75) is 25.9 Å². The van der Waals surface area contributed by atoms with Crippen LogP contribution in [0, 0.1) is 0 Å². The first-order valence-electron chi connectivity index (χ1n) is 11.6. The first-order chi connectivity index (χ1) is 16.1. The first-order valence-corrected chi connectivity index (χ1v) is 12.4. The van der Waals surface area contributed by atoms with E-state index in [9.17, 15) is 9.59 Å². The van der Waals surface area contributed by atoms with Gasteiger partial charge in [-0.2, -0.15) is 0 Å². The molecule has 2 aromatic carbocycles. The van der Waals surface area contributed by atoms with Crippen LogP contribution in [-0.2, 0) is 11.3 Å². The first kappa shape index (κ1) is 23.2. The van der Waals surface area contributed by atoms with Crippen molar-refractivity contribution in [2.24, 2.45) is 0 Å². The molecular formula is C27H31N3O2S. The number of carbonyl (C=O) groups is 2. The summed E-state index contributed by atoms with van der Waals surface area (Å²) in [5, 5.41) is 1.92. The number of rotatable bonds is 8. The molecule has 2 heterocycles. The third-order valence-corrected chi connectivity index (χ3v) is 7.14. The minimum Gasteiger partial charge on any atom is -0.340 e. The Morgan fingerprint density at radius 3 is 2.21 bits per heavy atom. The van der Waals surface area contributed by atoms with Crippen molar-refractivity contribution in [2.75, 3.05) is 32.7 Å². The van der Waals surface area contributed by atoms with Gasteiger partial charge in [0.15, 0.2) is 0 Å². The molecule has 4 rings (SSSR count). The van der Waals surface area contributed by atoms with Crippen LogP contribution >= 0.6 is 11.3 Å². The molecule has 3 aromatic rings. The monoisotopic (exact) mass is 461 g/mol. The van der Waals surface area contributed by atoms with Crippen LogP contribution in [0.25, 0.3) is 0 Å². The van der Waals surface area contributed by atoms with Crippen LogP contribution in [0.1, 0.15) is 40.2 Å². The quantitative estimate of drug-likeness (QED) is 0.489. The highest BCUT2D eigenvalue weighted by molar-refractivity contribution is 7.12. The van der Waals surface area contributed by atoms with Gasteiger partial charge in [0.25, 0.3) is 5.91 Å². The van der Waals surface area contributed by atoms with Crippen LogP contribution in [0.2, 0.25) is 0 Å². The molecule has 0 N–H and O–H groups in total. The maximum absolute atomic E-state index is 13.2. The highest BCUT2D eigenvalue weighted by Gasteiger charge is 2.26. The number of piperazine rings is 1. The minimum absolute atomic E-state index is 0.0122. The van der Waals surface area contributed by atoms with Crippen molar-refractivity contribution in [3.63, 3.8) is 0 Å². The Morgan fingerprint density at radius 2 is 1.58 bits per heavy atom. The van der Waals surface area contributed by atoms with Gasteiger partial charge in [0.1, 0.15) is 0 Å². The van der Waals surface area contributed by atoms with E-state index in [-0.39, 0.29) is 17.9 Å². The molecule has 1 aliphatic rings. The zero-order valence-corrected chi connectivity index (χ0v) is 19.9. The Balaban J connectivity index is 1.34. The predicted molar refractivity (Wildman–Crippen MR) is 133 cm³/mol. The summed E-state index contributed by atoms with van der Waals surface area (Å²) in [4.78, 5) is 33.1. The van der Waals surface area contributed by atoms with Gasteiger partial charge in [-0.25, -0.2) is 0 Å². The Bertz CT molecular complexity index is 1020. The molecule has 1 fully saturated rings. The predicted octanol–water partition coefficient (Wildman–Crippen LogP) is 4.69. The number of hydrogen-bond donors (Lipinski definition) is 0. The third-order valence-electron chi connectivity index (χ3n) is 6.28. The summed E-state index contributed by atoms with van der Waals surface area (Å²) < 4.78 is 0. The van der Waals surface area contributed by atoms with Crippen molar-refractivity contribution in [3.8, 4) is 0 Å². The van der Waals surface area contributed by atoms with Gasteiger partial charge < -0.3 is 9.80 Å². The molecular weight excluding hydrogens is 430 g/mol. The van der Waals surface area contributed by atoms with E-state index in [4.69, 9.17) is 0 Å². The van der Waals surface area contributed by atoms with E-state index in [1.807, 2.05) is 70.6 Å². The zero-order chi connectivity index (χ0) is 23.0. The highest BCUT2D eigenvalue weighted by atomic mass is 32.1. The van der Waals surface area contributed by atoms with Gasteiger partial charge in [0.2, 0.25) is 5.91 Å². The molecule has 33 heavy (non-hydrogen) atoms. The van der Waals surface area contributed by atoms with Crippen LogP contribution in [-0.4, -0.2) is 59.2 Å². The lowest BCUT2D eigenvalue weighted by Gasteiger charge is -2.35. The summed E-state index contributed by atoms with van der Waals surface area (Å²) in [6.45, 7) is 6.58. The van der Waals surface area contributed by atoms with Crippen LogP contribution in [0.4, 0.5) is 0 Å². The third kappa shape index (κ3) is 6.09. The maximum Gasteiger partial charge on any atom is 0.264 e. The summed E-state index contributed by atoms with van der Waals surface area (Å²) in [6.07, 6.45) is 0.340. The van der Waals surface area contributed by atoms with Crippen molar-refractivity contribution >= 4 is 23.2 Å². The number of hydrogen-bond acceptors (Lipinski definition) is 4. The summed E-state index contributed by atoms with van der Waals surface area (Å²) in [5.41, 5.74) is 2.37. The molecule has 1 saturated heterocycles. The van der Waals surface area contributed by atoms with E-state index in [1.54, 1.807) is 0 Å². The highest BCUT2D eigenvalue weighted by Crippen LogP contribution is 2.24. The Kier molecular flexibility index (Phi) is 7.92. The molecule has 0 bridgehead atoms. The molecule has 0 aliphatic carbocycles. The Morgan fingerprint density at radius 1 is 0.909 bits per heavy atom. The largest absolute Gasteiger partial charge is 0.340 e. The lowest BCUT2D eigenvalue weighted by molar-refractivity contribution is -0.133. The van der Waals surface area contributed by atoms with Crippen molar-refractivity contribution < 1.29 is 9.59 Å². The smallest absolute Gasteiger partial charge is 0.264 e. The standard InChI is InChI=1S/C27H31N3O2S/c1-22(24-11-6-3-7-12-24)30(27(32)25-13-8-20-33-25)15-14-26(31)29-18-16-28(17-19-29)21-23-9-4-2-5-10-23/h2-13,20,22H,14-19,21H2,1H3. The fourth-order valence-corrected chi connectivity index (χ4v) is 4.97. The van der Waals surface area contributed by atoms with Crippen LogP contribution in [0.15, 0.2) is 78.2 Å². The molecule has 1 aromatic heterocycles. The van der Waals surface area contributed by atoms with Gasteiger partial charge >= 0.3 is 0 Å². The van der Waals surface area contributed by atoms with E-state index >= 15 is 0 Å². The normalized spacial score (nSPS) is 15.2. The van der Waals surface area contributed by atoms with Gasteiger partial charge in [-0.3, -0.25) is 14.5 Å². The number of nitrogens with zero attached hydrogens (tertiary/aromatic N) is 3. The molecule has 1 atom stereocenters. The molecule has 0 saturated carbocycles. The second-order valence-corrected chi connectivity index (χ2v) is 9.40. The number of amides is 2. The molecule has 0 radical (unpaired) electrons. The molecule has 172 valence electrons. The van der Waals surface area contributed by atoms with Gasteiger partial charge in [0, 0.05) is 45.7 Å². The number of carbonyl (C=O) groups excluding carboxylic acids is 2. The van der Waals surface area contributed by atoms with Crippen LogP contribution in [0.5, 0.6) is 0 Å². The lowest BCUT2D eigenvalue weighted by atomic mass is 10.1. The summed E-state index contributed by atoms with van der Waals surface area (Å²) in [6, 6.07) is 24.1. The Hall–Kier alpha value is -2.96. The molecule has 2 amide bonds. The fourth-order valence-electron chi connectivity index (χ4n) is 4.30. The van der Waals surface area contributed by atoms with Gasteiger partial charge in [-0.05, 0) is 29.5 Å². The minimum atomic E-state index is -0.101. The SMILES string of the molecule is CC(c1ccccc1)N(CCC(=O)N1CCN(Cc2ccccc2)CC1)C(=O)c1cccs1. The van der Waals surface area contributed by atoms with Crippen molar-refractivity contribution in [1.29, 1.82) is 0 Å². The van der Waals surface area contributed by atoms with E-state index < -0.39 is 0 Å². The van der Waals surface area contributed by atoms with E-state index in [1.165, 1.54) is 16.9 Å². The molecule has 5 nitrogen and oxygen atoms in total. The van der Waals surface area contributed by atoms with Gasteiger partial charge in [0.05, 0.1) is 10.9 Å². The van der Waals surface area contributed by atoms with Crippen LogP contribution in [0.3, 0.4) is 0 Å². The Labute approximate surface area is 200 Å². The second-order valence-electron chi connectivity index (χ2n) is 8.46. The van der Waals surface area contributed by atoms with Gasteiger partial charge in [-0.15, -0.1) is 11.3 Å². The van der Waals surface area contributed by atoms with E-state index in [0.717, 1.165) is 38.3 Å². The van der Waals surface area contributed by atoms with Gasteiger partial charge in [-0.1, -0.05) is 66.7 Å². The second kappa shape index (κ2) is 11.3. The average molecular weight is 462 g/mol. The van der Waals surface area contributed by atoms with E-state index in [2.05, 4.69) is 29.2 Å².